The summed E-state index contributed by atoms with van der Waals surface area (Å²) in [6.07, 6.45) is 2.58. The molecule has 0 atom stereocenters. The molecule has 0 bridgehead atoms. The molecule has 0 N–H and O–H groups in total. The number of aromatic nitrogens is 3. The van der Waals surface area contributed by atoms with Crippen molar-refractivity contribution in [3.8, 4) is 17.2 Å². The van der Waals surface area contributed by atoms with Crippen LogP contribution in [0.2, 0.25) is 0 Å². The number of hydrogen-bond acceptors (Lipinski definition) is 5. The Morgan fingerprint density at radius 2 is 1.81 bits per heavy atom. The first kappa shape index (κ1) is 19.0. The van der Waals surface area contributed by atoms with Gasteiger partial charge in [0, 0.05) is 19.8 Å². The van der Waals surface area contributed by atoms with Gasteiger partial charge in [0.25, 0.3) is 0 Å². The second kappa shape index (κ2) is 7.37. The van der Waals surface area contributed by atoms with Crippen LogP contribution >= 0.6 is 0 Å². The summed E-state index contributed by atoms with van der Waals surface area (Å²) in [5.74, 6) is 1.16. The number of rotatable bonds is 4. The van der Waals surface area contributed by atoms with Gasteiger partial charge < -0.3 is 4.90 Å². The monoisotopic (exact) mass is 407 g/mol. The fraction of sp³-hybridized carbons (Fsp3) is 0.200. The predicted octanol–water partition coefficient (Wildman–Crippen LogP) is 4.51. The zero-order valence-corrected chi connectivity index (χ0v) is 17.4. The van der Waals surface area contributed by atoms with Crippen LogP contribution in [0, 0.1) is 11.3 Å². The molecular formula is C25H21N5O. The summed E-state index contributed by atoms with van der Waals surface area (Å²) in [7, 11) is 3.51. The molecule has 152 valence electrons. The third-order valence-corrected chi connectivity index (χ3v) is 5.89. The lowest BCUT2D eigenvalue weighted by molar-refractivity contribution is 0.844. The van der Waals surface area contributed by atoms with Crippen LogP contribution in [0.5, 0.6) is 0 Å². The fourth-order valence-corrected chi connectivity index (χ4v) is 3.89. The minimum Gasteiger partial charge on any atom is -0.327 e. The summed E-state index contributed by atoms with van der Waals surface area (Å²) in [6, 6.07) is 22.3. The maximum absolute atomic E-state index is 12.5. The molecule has 4 aromatic rings. The van der Waals surface area contributed by atoms with Gasteiger partial charge in [-0.2, -0.15) is 10.2 Å². The summed E-state index contributed by atoms with van der Waals surface area (Å²) in [5, 5.41) is 9.27. The van der Waals surface area contributed by atoms with E-state index in [9.17, 15) is 10.1 Å². The van der Waals surface area contributed by atoms with Crippen LogP contribution in [0.3, 0.4) is 0 Å². The van der Waals surface area contributed by atoms with Gasteiger partial charge in [-0.15, -0.1) is 0 Å². The van der Waals surface area contributed by atoms with Crippen molar-refractivity contribution in [2.24, 2.45) is 7.05 Å². The molecule has 0 spiro atoms. The van der Waals surface area contributed by atoms with Crippen molar-refractivity contribution in [2.45, 2.75) is 18.8 Å². The largest absolute Gasteiger partial charge is 0.349 e. The summed E-state index contributed by atoms with van der Waals surface area (Å²) in [4.78, 5) is 23.0. The Labute approximate surface area is 180 Å². The third-order valence-electron chi connectivity index (χ3n) is 5.89. The van der Waals surface area contributed by atoms with Gasteiger partial charge in [0.1, 0.15) is 17.3 Å². The lowest BCUT2D eigenvalue weighted by Gasteiger charge is -2.21. The Morgan fingerprint density at radius 1 is 1.03 bits per heavy atom. The Morgan fingerprint density at radius 3 is 2.52 bits per heavy atom. The topological polar surface area (TPSA) is 74.8 Å². The predicted molar refractivity (Wildman–Crippen MR) is 121 cm³/mol. The van der Waals surface area contributed by atoms with Gasteiger partial charge in [-0.3, -0.25) is 4.57 Å². The first-order chi connectivity index (χ1) is 15.0. The first-order valence-corrected chi connectivity index (χ1v) is 10.3. The van der Waals surface area contributed by atoms with Crippen LogP contribution in [0.25, 0.3) is 22.2 Å². The van der Waals surface area contributed by atoms with Gasteiger partial charge in [-0.25, -0.2) is 9.78 Å². The molecule has 1 aliphatic rings. The van der Waals surface area contributed by atoms with Gasteiger partial charge in [0.05, 0.1) is 5.52 Å². The van der Waals surface area contributed by atoms with E-state index in [-0.39, 0.29) is 11.4 Å². The van der Waals surface area contributed by atoms with Crippen LogP contribution in [-0.4, -0.2) is 21.6 Å². The molecule has 0 amide bonds. The maximum Gasteiger partial charge on any atom is 0.349 e. The Balaban J connectivity index is 1.57. The summed E-state index contributed by atoms with van der Waals surface area (Å²) < 4.78 is 1.44. The lowest BCUT2D eigenvalue weighted by Crippen LogP contribution is -2.25. The average molecular weight is 407 g/mol. The zero-order chi connectivity index (χ0) is 21.5. The molecule has 2 aromatic carbocycles. The Bertz CT molecular complexity index is 1390. The highest BCUT2D eigenvalue weighted by Crippen LogP contribution is 2.40. The van der Waals surface area contributed by atoms with E-state index in [1.807, 2.05) is 24.1 Å². The van der Waals surface area contributed by atoms with E-state index in [4.69, 9.17) is 0 Å². The number of fused-ring (bicyclic) bond motifs is 1. The number of nitrogens with zero attached hydrogens (tertiary/aromatic N) is 5. The Hall–Kier alpha value is -3.98. The molecule has 1 fully saturated rings. The van der Waals surface area contributed by atoms with E-state index in [1.54, 1.807) is 19.2 Å². The highest BCUT2D eigenvalue weighted by molar-refractivity contribution is 5.89. The van der Waals surface area contributed by atoms with Crippen LogP contribution < -0.4 is 10.6 Å². The molecule has 5 rings (SSSR count). The van der Waals surface area contributed by atoms with Gasteiger partial charge in [0.15, 0.2) is 5.82 Å². The normalized spacial score (nSPS) is 13.2. The smallest absolute Gasteiger partial charge is 0.327 e. The highest BCUT2D eigenvalue weighted by atomic mass is 16.1. The minimum absolute atomic E-state index is 0.284. The number of anilines is 2. The molecular weight excluding hydrogens is 386 g/mol. The fourth-order valence-electron chi connectivity index (χ4n) is 3.89. The molecule has 0 aliphatic heterocycles. The number of hydrogen-bond donors (Lipinski definition) is 0. The van der Waals surface area contributed by atoms with Gasteiger partial charge >= 0.3 is 5.69 Å². The van der Waals surface area contributed by atoms with Crippen molar-refractivity contribution < 1.29 is 0 Å². The van der Waals surface area contributed by atoms with E-state index >= 15 is 0 Å². The van der Waals surface area contributed by atoms with E-state index in [0.717, 1.165) is 22.7 Å². The zero-order valence-electron chi connectivity index (χ0n) is 17.4. The van der Waals surface area contributed by atoms with Crippen molar-refractivity contribution in [3.63, 3.8) is 0 Å². The van der Waals surface area contributed by atoms with Gasteiger partial charge in [-0.05, 0) is 59.7 Å². The molecule has 0 radical (unpaired) electrons. The second-order valence-corrected chi connectivity index (χ2v) is 7.96. The summed E-state index contributed by atoms with van der Waals surface area (Å²) >= 11 is 0. The van der Waals surface area contributed by atoms with Crippen molar-refractivity contribution in [3.05, 3.63) is 82.4 Å². The molecule has 2 heterocycles. The SMILES string of the molecule is CN(c1cccc(-c2ccc(C3CC3)cc2)c1)c1nc(=O)n(C)c2ccc(C#N)nc12. The molecule has 1 aliphatic carbocycles. The lowest BCUT2D eigenvalue weighted by atomic mass is 10.0. The number of benzene rings is 2. The van der Waals surface area contributed by atoms with Crippen molar-refractivity contribution in [1.82, 2.24) is 14.5 Å². The molecule has 6 nitrogen and oxygen atoms in total. The van der Waals surface area contributed by atoms with Crippen molar-refractivity contribution >= 4 is 22.5 Å². The molecule has 0 saturated heterocycles. The van der Waals surface area contributed by atoms with Crippen LogP contribution in [-0.2, 0) is 7.05 Å². The summed E-state index contributed by atoms with van der Waals surface area (Å²) in [6.45, 7) is 0. The standard InChI is InChI=1S/C25H21N5O/c1-29(24-23-22(30(2)25(31)28-24)13-12-20(15-26)27-23)21-5-3-4-19(14-21)18-10-8-17(9-11-18)16-6-7-16/h3-5,8-14,16H,6-7H2,1-2H3. The minimum atomic E-state index is -0.368. The highest BCUT2D eigenvalue weighted by Gasteiger charge is 2.23. The van der Waals surface area contributed by atoms with Crippen molar-refractivity contribution in [1.29, 1.82) is 5.26 Å². The molecule has 0 unspecified atom stereocenters. The quantitative estimate of drug-likeness (QED) is 0.497. The number of aryl methyl sites for hydroxylation is 1. The van der Waals surface area contributed by atoms with E-state index in [2.05, 4.69) is 52.4 Å². The van der Waals surface area contributed by atoms with E-state index in [1.165, 1.54) is 23.0 Å². The molecule has 2 aromatic heterocycles. The molecule has 1 saturated carbocycles. The third kappa shape index (κ3) is 3.44. The van der Waals surface area contributed by atoms with E-state index < -0.39 is 0 Å². The van der Waals surface area contributed by atoms with Crippen LogP contribution in [0.1, 0.15) is 30.0 Å². The van der Waals surface area contributed by atoms with Crippen LogP contribution in [0.4, 0.5) is 11.5 Å². The van der Waals surface area contributed by atoms with E-state index in [0.29, 0.717) is 16.9 Å². The summed E-state index contributed by atoms with van der Waals surface area (Å²) in [5.41, 5.74) is 5.59. The molecule has 6 heteroatoms. The average Bonchev–Trinajstić information content (AvgIpc) is 3.66. The molecule has 31 heavy (non-hydrogen) atoms. The first-order valence-electron chi connectivity index (χ1n) is 10.3. The number of nitriles is 1. The maximum atomic E-state index is 12.5. The Kier molecular flexibility index (Phi) is 4.52. The van der Waals surface area contributed by atoms with Gasteiger partial charge in [0.2, 0.25) is 0 Å². The second-order valence-electron chi connectivity index (χ2n) is 7.96. The van der Waals surface area contributed by atoms with Gasteiger partial charge in [-0.1, -0.05) is 36.4 Å². The van der Waals surface area contributed by atoms with Crippen LogP contribution in [0.15, 0.2) is 65.5 Å². The van der Waals surface area contributed by atoms with Crippen molar-refractivity contribution in [2.75, 3.05) is 11.9 Å². The number of pyridine rings is 1.